The molecule has 1 saturated heterocycles. The lowest BCUT2D eigenvalue weighted by Gasteiger charge is -2.52. The summed E-state index contributed by atoms with van der Waals surface area (Å²) in [5.41, 5.74) is 3.18. The van der Waals surface area contributed by atoms with Crippen LogP contribution >= 0.6 is 22.6 Å². The highest BCUT2D eigenvalue weighted by Crippen LogP contribution is 2.64. The van der Waals surface area contributed by atoms with E-state index in [0.29, 0.717) is 5.69 Å². The number of para-hydroxylation sites is 1. The Balaban J connectivity index is 1.69. The summed E-state index contributed by atoms with van der Waals surface area (Å²) in [6, 6.07) is 23.1. The number of carbonyl (C=O) groups is 3. The van der Waals surface area contributed by atoms with Gasteiger partial charge in [-0.05, 0) is 63.9 Å². The number of ketones is 1. The Hall–Kier alpha value is -2.80. The normalized spacial score (nSPS) is 27.7. The van der Waals surface area contributed by atoms with E-state index in [0.717, 1.165) is 25.8 Å². The molecule has 0 unspecified atom stereocenters. The van der Waals surface area contributed by atoms with E-state index in [2.05, 4.69) is 22.6 Å². The van der Waals surface area contributed by atoms with E-state index < -0.39 is 17.3 Å². The molecule has 4 aliphatic rings. The fourth-order valence-electron chi connectivity index (χ4n) is 6.24. The Kier molecular flexibility index (Phi) is 3.88. The number of rotatable bonds is 2. The smallest absolute Gasteiger partial charge is 0.239 e. The van der Waals surface area contributed by atoms with Crippen LogP contribution in [0.25, 0.3) is 0 Å². The van der Waals surface area contributed by atoms with Crippen LogP contribution in [0.2, 0.25) is 0 Å². The van der Waals surface area contributed by atoms with Gasteiger partial charge < -0.3 is 0 Å². The van der Waals surface area contributed by atoms with E-state index >= 15 is 0 Å². The zero-order valence-corrected chi connectivity index (χ0v) is 18.9. The third kappa shape index (κ3) is 2.12. The predicted octanol–water partition coefficient (Wildman–Crippen LogP) is 4.43. The number of hydrogen-bond acceptors (Lipinski definition) is 3. The number of Topliss-reactive ketones (excluding diaryl/α,β-unsaturated/α-hetero) is 1. The van der Waals surface area contributed by atoms with Crippen molar-refractivity contribution >= 4 is 45.9 Å². The van der Waals surface area contributed by atoms with Gasteiger partial charge in [-0.2, -0.15) is 0 Å². The van der Waals surface area contributed by atoms with E-state index in [4.69, 9.17) is 0 Å². The quantitative estimate of drug-likeness (QED) is 0.372. The second kappa shape index (κ2) is 6.36. The molecule has 2 atom stereocenters. The summed E-state index contributed by atoms with van der Waals surface area (Å²) in [5.74, 6) is -2.13. The molecule has 31 heavy (non-hydrogen) atoms. The first kappa shape index (κ1) is 18.9. The first-order valence-corrected chi connectivity index (χ1v) is 11.4. The third-order valence-electron chi connectivity index (χ3n) is 7.27. The summed E-state index contributed by atoms with van der Waals surface area (Å²) in [7, 11) is 0. The monoisotopic (exact) mass is 519 g/mol. The number of imide groups is 1. The van der Waals surface area contributed by atoms with Gasteiger partial charge in [-0.15, -0.1) is 0 Å². The fraction of sp³-hybridized carbons (Fsp3) is 0.192. The molecule has 0 saturated carbocycles. The molecule has 5 heteroatoms. The average molecular weight is 519 g/mol. The Morgan fingerprint density at radius 2 is 1.39 bits per heavy atom. The molecule has 3 aliphatic carbocycles. The van der Waals surface area contributed by atoms with E-state index in [-0.39, 0.29) is 23.5 Å². The summed E-state index contributed by atoms with van der Waals surface area (Å²) >= 11 is 2.15. The molecule has 0 N–H and O–H groups in total. The molecule has 4 nitrogen and oxygen atoms in total. The molecule has 1 heterocycles. The summed E-state index contributed by atoms with van der Waals surface area (Å²) < 4.78 is 0.833. The van der Waals surface area contributed by atoms with Crippen LogP contribution in [0.1, 0.15) is 35.1 Å². The SMILES string of the molecule is CC(=O)C12c3ccccc3C(c3ccccc31)[C@H]1C(=O)N(c3ccccc3I)C(=O)[C@H]12. The molecule has 0 radical (unpaired) electrons. The highest BCUT2D eigenvalue weighted by Gasteiger charge is 2.70. The van der Waals surface area contributed by atoms with Gasteiger partial charge in [0.05, 0.1) is 22.9 Å². The number of benzene rings is 3. The molecular weight excluding hydrogens is 501 g/mol. The maximum atomic E-state index is 14.0. The van der Waals surface area contributed by atoms with E-state index in [1.165, 1.54) is 4.90 Å². The topological polar surface area (TPSA) is 54.5 Å². The van der Waals surface area contributed by atoms with E-state index in [9.17, 15) is 14.4 Å². The van der Waals surface area contributed by atoms with Crippen molar-refractivity contribution in [3.63, 3.8) is 0 Å². The number of hydrogen-bond donors (Lipinski definition) is 0. The molecule has 2 amide bonds. The maximum Gasteiger partial charge on any atom is 0.239 e. The van der Waals surface area contributed by atoms with Crippen LogP contribution in [0.15, 0.2) is 72.8 Å². The Morgan fingerprint density at radius 3 is 1.97 bits per heavy atom. The van der Waals surface area contributed by atoms with Gasteiger partial charge in [0.15, 0.2) is 0 Å². The van der Waals surface area contributed by atoms with Crippen molar-refractivity contribution in [2.45, 2.75) is 18.3 Å². The first-order valence-electron chi connectivity index (χ1n) is 10.3. The Labute approximate surface area is 193 Å². The maximum absolute atomic E-state index is 14.0. The molecule has 1 fully saturated rings. The highest BCUT2D eigenvalue weighted by atomic mass is 127. The number of carbonyl (C=O) groups excluding carboxylic acids is 3. The van der Waals surface area contributed by atoms with Gasteiger partial charge in [0.1, 0.15) is 5.78 Å². The van der Waals surface area contributed by atoms with Crippen LogP contribution in [-0.4, -0.2) is 17.6 Å². The van der Waals surface area contributed by atoms with Crippen molar-refractivity contribution in [2.24, 2.45) is 11.8 Å². The van der Waals surface area contributed by atoms with Gasteiger partial charge in [-0.25, -0.2) is 4.90 Å². The van der Waals surface area contributed by atoms with Crippen LogP contribution < -0.4 is 4.90 Å². The minimum Gasteiger partial charge on any atom is -0.299 e. The summed E-state index contributed by atoms with van der Waals surface area (Å²) in [6.45, 7) is 1.56. The highest BCUT2D eigenvalue weighted by molar-refractivity contribution is 14.1. The molecular formula is C26H18INO3. The van der Waals surface area contributed by atoms with E-state index in [1.54, 1.807) is 13.0 Å². The molecule has 0 spiro atoms. The lowest BCUT2D eigenvalue weighted by molar-refractivity contribution is -0.132. The Morgan fingerprint density at radius 1 is 0.839 bits per heavy atom. The van der Waals surface area contributed by atoms with Crippen molar-refractivity contribution in [1.29, 1.82) is 0 Å². The van der Waals surface area contributed by atoms with Crippen molar-refractivity contribution in [1.82, 2.24) is 0 Å². The molecule has 7 rings (SSSR count). The summed E-state index contributed by atoms with van der Waals surface area (Å²) in [6.07, 6.45) is 0. The summed E-state index contributed by atoms with van der Waals surface area (Å²) in [4.78, 5) is 42.7. The van der Waals surface area contributed by atoms with E-state index in [1.807, 2.05) is 66.7 Å². The Bertz CT molecular complexity index is 1270. The molecule has 0 aromatic heterocycles. The second-order valence-electron chi connectivity index (χ2n) is 8.48. The van der Waals surface area contributed by atoms with Gasteiger partial charge in [0, 0.05) is 9.49 Å². The van der Waals surface area contributed by atoms with Crippen molar-refractivity contribution in [3.05, 3.63) is 98.6 Å². The standard InChI is InChI=1S/C26H18INO3/c1-14(29)26-17-10-4-2-8-15(17)21(16-9-3-5-11-18(16)26)22-23(26)25(31)28(24(22)30)20-13-7-6-12-19(20)27/h2-13,21-23H,1H3/t21?,22-,23+,26?/m1/s1. The van der Waals surface area contributed by atoms with Crippen molar-refractivity contribution in [2.75, 3.05) is 4.90 Å². The van der Waals surface area contributed by atoms with Gasteiger partial charge in [-0.1, -0.05) is 60.7 Å². The van der Waals surface area contributed by atoms with Gasteiger partial charge in [0.2, 0.25) is 11.8 Å². The fourth-order valence-corrected chi connectivity index (χ4v) is 6.87. The van der Waals surface area contributed by atoms with Crippen LogP contribution in [0.4, 0.5) is 5.69 Å². The zero-order valence-electron chi connectivity index (χ0n) is 16.7. The molecule has 3 aromatic carbocycles. The van der Waals surface area contributed by atoms with Gasteiger partial charge in [0.25, 0.3) is 0 Å². The largest absolute Gasteiger partial charge is 0.299 e. The van der Waals surface area contributed by atoms with Crippen LogP contribution in [0.3, 0.4) is 0 Å². The average Bonchev–Trinajstić information content (AvgIpc) is 3.05. The van der Waals surface area contributed by atoms with Gasteiger partial charge >= 0.3 is 0 Å². The summed E-state index contributed by atoms with van der Waals surface area (Å²) in [5, 5.41) is 0. The lowest BCUT2D eigenvalue weighted by Crippen LogP contribution is -2.57. The van der Waals surface area contributed by atoms with Crippen molar-refractivity contribution in [3.8, 4) is 0 Å². The number of amides is 2. The van der Waals surface area contributed by atoms with Crippen LogP contribution in [0.5, 0.6) is 0 Å². The van der Waals surface area contributed by atoms with Crippen molar-refractivity contribution < 1.29 is 14.4 Å². The number of halogens is 1. The minimum atomic E-state index is -1.14. The number of nitrogens with zero attached hydrogens (tertiary/aromatic N) is 1. The predicted molar refractivity (Wildman–Crippen MR) is 125 cm³/mol. The van der Waals surface area contributed by atoms with Crippen LogP contribution in [0, 0.1) is 15.4 Å². The lowest BCUT2D eigenvalue weighted by atomic mass is 9.46. The second-order valence-corrected chi connectivity index (χ2v) is 9.65. The molecule has 152 valence electrons. The zero-order chi connectivity index (χ0) is 21.5. The third-order valence-corrected chi connectivity index (χ3v) is 8.18. The van der Waals surface area contributed by atoms with Crippen LogP contribution in [-0.2, 0) is 19.8 Å². The van der Waals surface area contributed by atoms with Gasteiger partial charge in [-0.3, -0.25) is 14.4 Å². The molecule has 1 aliphatic heterocycles. The first-order chi connectivity index (χ1) is 15.0. The molecule has 2 bridgehead atoms. The molecule has 3 aromatic rings. The minimum absolute atomic E-state index is 0.0914. The number of anilines is 1.